The average Bonchev–Trinajstić information content (AvgIpc) is 2.42. The molecule has 0 fully saturated rings. The zero-order valence-electron chi connectivity index (χ0n) is 9.67. The maximum Gasteiger partial charge on any atom is 0.258 e. The molecular weight excluding hydrogens is 236 g/mol. The Morgan fingerprint density at radius 1 is 1.39 bits per heavy atom. The first-order valence-electron chi connectivity index (χ1n) is 5.34. The highest BCUT2D eigenvalue weighted by molar-refractivity contribution is 5.77. The first-order chi connectivity index (χ1) is 8.71. The van der Waals surface area contributed by atoms with E-state index < -0.39 is 11.9 Å². The second-order valence-corrected chi connectivity index (χ2v) is 3.53. The Morgan fingerprint density at radius 3 is 2.67 bits per heavy atom. The Hall–Kier alpha value is -2.10. The van der Waals surface area contributed by atoms with Gasteiger partial charge in [0.1, 0.15) is 11.8 Å². The molecule has 0 spiro atoms. The van der Waals surface area contributed by atoms with Crippen molar-refractivity contribution in [2.45, 2.75) is 6.04 Å². The van der Waals surface area contributed by atoms with E-state index in [0.29, 0.717) is 11.3 Å². The molecule has 0 aromatic heterocycles. The molecule has 1 aromatic carbocycles. The van der Waals surface area contributed by atoms with Gasteiger partial charge in [0.05, 0.1) is 24.8 Å². The molecule has 1 amide bonds. The van der Waals surface area contributed by atoms with Gasteiger partial charge >= 0.3 is 0 Å². The first kappa shape index (κ1) is 14.0. The molecule has 0 bridgehead atoms. The Morgan fingerprint density at radius 2 is 2.06 bits per heavy atom. The number of carbonyl (C=O) groups is 1. The molecular formula is C12H14N2O4. The van der Waals surface area contributed by atoms with E-state index in [1.807, 2.05) is 6.07 Å². The van der Waals surface area contributed by atoms with Gasteiger partial charge in [-0.1, -0.05) is 12.1 Å². The van der Waals surface area contributed by atoms with E-state index >= 15 is 0 Å². The van der Waals surface area contributed by atoms with E-state index in [-0.39, 0.29) is 19.8 Å². The molecule has 0 aliphatic carbocycles. The number of benzene rings is 1. The second-order valence-electron chi connectivity index (χ2n) is 3.53. The number of aliphatic hydroxyl groups is 2. The minimum absolute atomic E-state index is 0.283. The SMILES string of the molecule is N#Cc1ccccc1OCC(=O)NC(CO)CO. The molecule has 0 saturated heterocycles. The van der Waals surface area contributed by atoms with Crippen LogP contribution in [0.4, 0.5) is 0 Å². The number of nitrogens with one attached hydrogen (secondary N) is 1. The first-order valence-corrected chi connectivity index (χ1v) is 5.34. The fraction of sp³-hybridized carbons (Fsp3) is 0.333. The van der Waals surface area contributed by atoms with Crippen molar-refractivity contribution in [2.75, 3.05) is 19.8 Å². The third-order valence-corrected chi connectivity index (χ3v) is 2.17. The van der Waals surface area contributed by atoms with Crippen LogP contribution in [0.15, 0.2) is 24.3 Å². The van der Waals surface area contributed by atoms with Crippen molar-refractivity contribution in [2.24, 2.45) is 0 Å². The van der Waals surface area contributed by atoms with E-state index in [1.165, 1.54) is 0 Å². The van der Waals surface area contributed by atoms with Crippen LogP contribution in [0.1, 0.15) is 5.56 Å². The smallest absolute Gasteiger partial charge is 0.258 e. The Balaban J connectivity index is 2.50. The summed E-state index contributed by atoms with van der Waals surface area (Å²) < 4.78 is 5.18. The van der Waals surface area contributed by atoms with Gasteiger partial charge in [0.2, 0.25) is 0 Å². The topological polar surface area (TPSA) is 103 Å². The minimum Gasteiger partial charge on any atom is -0.482 e. The molecule has 0 aliphatic heterocycles. The third kappa shape index (κ3) is 4.05. The summed E-state index contributed by atoms with van der Waals surface area (Å²) >= 11 is 0. The van der Waals surface area contributed by atoms with Crippen LogP contribution < -0.4 is 10.1 Å². The van der Waals surface area contributed by atoms with Crippen molar-refractivity contribution >= 4 is 5.91 Å². The molecule has 0 saturated carbocycles. The number of aliphatic hydroxyl groups excluding tert-OH is 2. The third-order valence-electron chi connectivity index (χ3n) is 2.17. The fourth-order valence-corrected chi connectivity index (χ4v) is 1.25. The lowest BCUT2D eigenvalue weighted by atomic mass is 10.2. The molecule has 1 aromatic rings. The normalized spacial score (nSPS) is 9.89. The molecule has 0 radical (unpaired) electrons. The molecule has 0 heterocycles. The number of carbonyl (C=O) groups excluding carboxylic acids is 1. The molecule has 96 valence electrons. The lowest BCUT2D eigenvalue weighted by Gasteiger charge is -2.13. The lowest BCUT2D eigenvalue weighted by molar-refractivity contribution is -0.124. The Labute approximate surface area is 104 Å². The van der Waals surface area contributed by atoms with Crippen molar-refractivity contribution in [1.29, 1.82) is 5.26 Å². The molecule has 3 N–H and O–H groups in total. The van der Waals surface area contributed by atoms with Gasteiger partial charge < -0.3 is 20.3 Å². The maximum absolute atomic E-state index is 11.4. The van der Waals surface area contributed by atoms with Crippen LogP contribution in [-0.4, -0.2) is 42.0 Å². The maximum atomic E-state index is 11.4. The summed E-state index contributed by atoms with van der Waals surface area (Å²) in [4.78, 5) is 11.4. The van der Waals surface area contributed by atoms with Gasteiger partial charge in [0.25, 0.3) is 5.91 Å². The summed E-state index contributed by atoms with van der Waals surface area (Å²) in [5.74, 6) is -0.157. The van der Waals surface area contributed by atoms with Crippen LogP contribution in [0.25, 0.3) is 0 Å². The number of nitriles is 1. The monoisotopic (exact) mass is 250 g/mol. The van der Waals surface area contributed by atoms with Gasteiger partial charge in [-0.05, 0) is 12.1 Å². The van der Waals surface area contributed by atoms with Crippen molar-refractivity contribution in [3.63, 3.8) is 0 Å². The van der Waals surface area contributed by atoms with Gasteiger partial charge in [-0.15, -0.1) is 0 Å². The van der Waals surface area contributed by atoms with Gasteiger partial charge in [-0.3, -0.25) is 4.79 Å². The van der Waals surface area contributed by atoms with E-state index in [9.17, 15) is 4.79 Å². The summed E-state index contributed by atoms with van der Waals surface area (Å²) in [6.07, 6.45) is 0. The van der Waals surface area contributed by atoms with Gasteiger partial charge in [-0.25, -0.2) is 0 Å². The van der Waals surface area contributed by atoms with Crippen molar-refractivity contribution < 1.29 is 19.7 Å². The Bertz CT molecular complexity index is 438. The summed E-state index contributed by atoms with van der Waals surface area (Å²) in [6, 6.07) is 7.80. The predicted molar refractivity (Wildman–Crippen MR) is 62.8 cm³/mol. The van der Waals surface area contributed by atoms with E-state index in [1.54, 1.807) is 24.3 Å². The zero-order valence-corrected chi connectivity index (χ0v) is 9.67. The fourth-order valence-electron chi connectivity index (χ4n) is 1.25. The van der Waals surface area contributed by atoms with Gasteiger partial charge in [0.15, 0.2) is 6.61 Å². The number of hydrogen-bond donors (Lipinski definition) is 3. The number of amides is 1. The van der Waals surface area contributed by atoms with Crippen LogP contribution in [0.2, 0.25) is 0 Å². The summed E-state index contributed by atoms with van der Waals surface area (Å²) in [6.45, 7) is -0.983. The van der Waals surface area contributed by atoms with Crippen molar-refractivity contribution in [3.8, 4) is 11.8 Å². The lowest BCUT2D eigenvalue weighted by Crippen LogP contribution is -2.42. The highest BCUT2D eigenvalue weighted by Gasteiger charge is 2.11. The number of hydrogen-bond acceptors (Lipinski definition) is 5. The largest absolute Gasteiger partial charge is 0.482 e. The second kappa shape index (κ2) is 7.27. The zero-order chi connectivity index (χ0) is 13.4. The summed E-state index contributed by atoms with van der Waals surface area (Å²) in [7, 11) is 0. The Kier molecular flexibility index (Phi) is 5.64. The average molecular weight is 250 g/mol. The van der Waals surface area contributed by atoms with E-state index in [0.717, 1.165) is 0 Å². The summed E-state index contributed by atoms with van der Waals surface area (Å²) in [5.41, 5.74) is 0.339. The molecule has 6 nitrogen and oxygen atoms in total. The van der Waals surface area contributed by atoms with Crippen LogP contribution in [0, 0.1) is 11.3 Å². The van der Waals surface area contributed by atoms with Crippen LogP contribution >= 0.6 is 0 Å². The highest BCUT2D eigenvalue weighted by atomic mass is 16.5. The molecule has 1 rings (SSSR count). The number of para-hydroxylation sites is 1. The minimum atomic E-state index is -0.702. The van der Waals surface area contributed by atoms with E-state index in [4.69, 9.17) is 20.2 Å². The van der Waals surface area contributed by atoms with Gasteiger partial charge in [0, 0.05) is 0 Å². The predicted octanol–water partition coefficient (Wildman–Crippen LogP) is -0.594. The quantitative estimate of drug-likeness (QED) is 0.626. The summed E-state index contributed by atoms with van der Waals surface area (Å²) in [5, 5.41) is 28.8. The highest BCUT2D eigenvalue weighted by Crippen LogP contribution is 2.16. The van der Waals surface area contributed by atoms with Crippen LogP contribution in [-0.2, 0) is 4.79 Å². The number of ether oxygens (including phenoxy) is 1. The van der Waals surface area contributed by atoms with Crippen molar-refractivity contribution in [1.82, 2.24) is 5.32 Å². The molecule has 0 atom stereocenters. The molecule has 18 heavy (non-hydrogen) atoms. The number of nitrogens with zero attached hydrogens (tertiary/aromatic N) is 1. The van der Waals surface area contributed by atoms with Gasteiger partial charge in [-0.2, -0.15) is 5.26 Å². The molecule has 0 unspecified atom stereocenters. The standard InChI is InChI=1S/C12H14N2O4/c13-5-9-3-1-2-4-11(9)18-8-12(17)14-10(6-15)7-16/h1-4,10,15-16H,6-8H2,(H,14,17). The molecule has 6 heteroatoms. The van der Waals surface area contributed by atoms with Crippen LogP contribution in [0.3, 0.4) is 0 Å². The van der Waals surface area contributed by atoms with Crippen molar-refractivity contribution in [3.05, 3.63) is 29.8 Å². The molecule has 0 aliphatic rings. The number of rotatable bonds is 6. The van der Waals surface area contributed by atoms with E-state index in [2.05, 4.69) is 5.32 Å². The van der Waals surface area contributed by atoms with Crippen LogP contribution in [0.5, 0.6) is 5.75 Å².